The summed E-state index contributed by atoms with van der Waals surface area (Å²) in [4.78, 5) is 14.0. The molecule has 1 atom stereocenters. The van der Waals surface area contributed by atoms with Gasteiger partial charge in [0.05, 0.1) is 12.2 Å². The zero-order chi connectivity index (χ0) is 13.7. The lowest BCUT2D eigenvalue weighted by atomic mass is 10.1. The van der Waals surface area contributed by atoms with Crippen LogP contribution in [-0.2, 0) is 4.79 Å². The molecule has 2 N–H and O–H groups in total. The molecule has 2 heterocycles. The summed E-state index contributed by atoms with van der Waals surface area (Å²) < 4.78 is 4.97. The molecule has 6 heteroatoms. The average Bonchev–Trinajstić information content (AvgIpc) is 2.64. The number of aryl methyl sites for hydroxylation is 1. The Labute approximate surface area is 113 Å². The SMILES string of the molecule is Cc1cc(NC(=O)CN(C)C2CCCNCC2)on1. The third-order valence-corrected chi connectivity index (χ3v) is 3.45. The number of amides is 1. The lowest BCUT2D eigenvalue weighted by Gasteiger charge is -2.25. The molecule has 1 fully saturated rings. The molecule has 0 bridgehead atoms. The molecule has 1 unspecified atom stereocenters. The molecule has 1 saturated heterocycles. The average molecular weight is 266 g/mol. The van der Waals surface area contributed by atoms with E-state index in [4.69, 9.17) is 4.52 Å². The first-order chi connectivity index (χ1) is 9.15. The van der Waals surface area contributed by atoms with Crippen LogP contribution in [0.3, 0.4) is 0 Å². The largest absolute Gasteiger partial charge is 0.338 e. The van der Waals surface area contributed by atoms with Crippen LogP contribution < -0.4 is 10.6 Å². The number of nitrogens with zero attached hydrogens (tertiary/aromatic N) is 2. The summed E-state index contributed by atoms with van der Waals surface area (Å²) in [5.74, 6) is 0.356. The Kier molecular flexibility index (Phi) is 4.93. The van der Waals surface area contributed by atoms with Crippen LogP contribution in [0.1, 0.15) is 25.0 Å². The Morgan fingerprint density at radius 2 is 2.42 bits per heavy atom. The van der Waals surface area contributed by atoms with E-state index < -0.39 is 0 Å². The fourth-order valence-electron chi connectivity index (χ4n) is 2.40. The number of aromatic nitrogens is 1. The molecule has 1 aliphatic rings. The maximum Gasteiger partial charge on any atom is 0.240 e. The molecule has 1 amide bonds. The molecule has 1 aromatic heterocycles. The van der Waals surface area contributed by atoms with Gasteiger partial charge in [0.25, 0.3) is 0 Å². The predicted octanol–water partition coefficient (Wildman–Crippen LogP) is 0.995. The van der Waals surface area contributed by atoms with Crippen molar-refractivity contribution in [3.8, 4) is 0 Å². The van der Waals surface area contributed by atoms with Crippen molar-refractivity contribution in [2.75, 3.05) is 32.0 Å². The lowest BCUT2D eigenvalue weighted by Crippen LogP contribution is -2.38. The Morgan fingerprint density at radius 3 is 3.16 bits per heavy atom. The molecule has 0 saturated carbocycles. The fourth-order valence-corrected chi connectivity index (χ4v) is 2.40. The van der Waals surface area contributed by atoms with Crippen LogP contribution in [0.5, 0.6) is 0 Å². The maximum atomic E-state index is 11.9. The molecule has 0 aromatic carbocycles. The van der Waals surface area contributed by atoms with Crippen LogP contribution in [0, 0.1) is 6.92 Å². The minimum Gasteiger partial charge on any atom is -0.338 e. The molecule has 0 aliphatic carbocycles. The van der Waals surface area contributed by atoms with Crippen molar-refractivity contribution in [2.24, 2.45) is 0 Å². The first-order valence-electron chi connectivity index (χ1n) is 6.79. The number of nitrogens with one attached hydrogen (secondary N) is 2. The molecule has 19 heavy (non-hydrogen) atoms. The highest BCUT2D eigenvalue weighted by Gasteiger charge is 2.19. The van der Waals surface area contributed by atoms with Crippen LogP contribution in [0.25, 0.3) is 0 Å². The second kappa shape index (κ2) is 6.68. The Bertz CT molecular complexity index is 411. The van der Waals surface area contributed by atoms with E-state index >= 15 is 0 Å². The fraction of sp³-hybridized carbons (Fsp3) is 0.692. The molecule has 106 valence electrons. The van der Waals surface area contributed by atoms with Gasteiger partial charge in [-0.25, -0.2) is 0 Å². The van der Waals surface area contributed by atoms with Gasteiger partial charge in [-0.3, -0.25) is 15.0 Å². The Morgan fingerprint density at radius 1 is 1.58 bits per heavy atom. The zero-order valence-electron chi connectivity index (χ0n) is 11.6. The van der Waals surface area contributed by atoms with Crippen molar-refractivity contribution in [2.45, 2.75) is 32.2 Å². The second-order valence-electron chi connectivity index (χ2n) is 5.13. The van der Waals surface area contributed by atoms with Crippen LogP contribution in [0.2, 0.25) is 0 Å². The molecular weight excluding hydrogens is 244 g/mol. The molecule has 6 nitrogen and oxygen atoms in total. The van der Waals surface area contributed by atoms with E-state index in [1.807, 2.05) is 14.0 Å². The van der Waals surface area contributed by atoms with Gasteiger partial charge in [-0.05, 0) is 46.3 Å². The zero-order valence-corrected chi connectivity index (χ0v) is 11.6. The number of hydrogen-bond donors (Lipinski definition) is 2. The number of anilines is 1. The standard InChI is InChI=1S/C13H22N4O2/c1-10-8-13(19-16-10)15-12(18)9-17(2)11-4-3-6-14-7-5-11/h8,11,14H,3-7,9H2,1-2H3,(H,15,18). The van der Waals surface area contributed by atoms with E-state index in [0.29, 0.717) is 18.5 Å². The monoisotopic (exact) mass is 266 g/mol. The van der Waals surface area contributed by atoms with E-state index in [0.717, 1.165) is 38.0 Å². The molecule has 2 rings (SSSR count). The summed E-state index contributed by atoms with van der Waals surface area (Å²) in [7, 11) is 2.00. The van der Waals surface area contributed by atoms with Gasteiger partial charge >= 0.3 is 0 Å². The number of carbonyl (C=O) groups excluding carboxylic acids is 1. The van der Waals surface area contributed by atoms with Gasteiger partial charge in [-0.15, -0.1) is 0 Å². The number of carbonyl (C=O) groups is 1. The highest BCUT2D eigenvalue weighted by molar-refractivity contribution is 5.90. The van der Waals surface area contributed by atoms with E-state index in [2.05, 4.69) is 20.7 Å². The van der Waals surface area contributed by atoms with Gasteiger partial charge in [-0.1, -0.05) is 5.16 Å². The predicted molar refractivity (Wildman–Crippen MR) is 73.0 cm³/mol. The van der Waals surface area contributed by atoms with Gasteiger partial charge in [0.15, 0.2) is 0 Å². The van der Waals surface area contributed by atoms with Crippen LogP contribution in [0.4, 0.5) is 5.88 Å². The van der Waals surface area contributed by atoms with Gasteiger partial charge in [0, 0.05) is 12.1 Å². The number of rotatable bonds is 4. The first-order valence-corrected chi connectivity index (χ1v) is 6.79. The summed E-state index contributed by atoms with van der Waals surface area (Å²) in [5, 5.41) is 9.84. The number of hydrogen-bond acceptors (Lipinski definition) is 5. The van der Waals surface area contributed by atoms with E-state index in [9.17, 15) is 4.79 Å². The van der Waals surface area contributed by atoms with Crippen LogP contribution >= 0.6 is 0 Å². The second-order valence-corrected chi connectivity index (χ2v) is 5.13. The van der Waals surface area contributed by atoms with Crippen molar-refractivity contribution in [1.82, 2.24) is 15.4 Å². The molecular formula is C13H22N4O2. The normalized spacial score (nSPS) is 20.3. The van der Waals surface area contributed by atoms with Gasteiger partial charge in [0.2, 0.25) is 11.8 Å². The third-order valence-electron chi connectivity index (χ3n) is 3.45. The minimum absolute atomic E-state index is 0.0594. The Hall–Kier alpha value is -1.40. The smallest absolute Gasteiger partial charge is 0.240 e. The topological polar surface area (TPSA) is 70.4 Å². The van der Waals surface area contributed by atoms with Crippen LogP contribution in [-0.4, -0.2) is 48.7 Å². The van der Waals surface area contributed by atoms with Crippen molar-refractivity contribution < 1.29 is 9.32 Å². The highest BCUT2D eigenvalue weighted by atomic mass is 16.5. The lowest BCUT2D eigenvalue weighted by molar-refractivity contribution is -0.117. The third kappa shape index (κ3) is 4.33. The molecule has 1 aliphatic heterocycles. The molecule has 0 radical (unpaired) electrons. The molecule has 1 aromatic rings. The van der Waals surface area contributed by atoms with E-state index in [-0.39, 0.29) is 5.91 Å². The van der Waals surface area contributed by atoms with Crippen LogP contribution in [0.15, 0.2) is 10.6 Å². The van der Waals surface area contributed by atoms with Crippen molar-refractivity contribution in [3.05, 3.63) is 11.8 Å². The maximum absolute atomic E-state index is 11.9. The first kappa shape index (κ1) is 14.0. The van der Waals surface area contributed by atoms with Gasteiger partial charge < -0.3 is 9.84 Å². The summed E-state index contributed by atoms with van der Waals surface area (Å²) in [6, 6.07) is 2.19. The van der Waals surface area contributed by atoms with Crippen molar-refractivity contribution in [1.29, 1.82) is 0 Å². The number of likely N-dealkylation sites (N-methyl/N-ethyl adjacent to an activating group) is 1. The Balaban J connectivity index is 1.80. The summed E-state index contributed by atoms with van der Waals surface area (Å²) in [5.41, 5.74) is 0.762. The van der Waals surface area contributed by atoms with E-state index in [1.165, 1.54) is 0 Å². The summed E-state index contributed by atoms with van der Waals surface area (Å²) >= 11 is 0. The quantitative estimate of drug-likeness (QED) is 0.850. The van der Waals surface area contributed by atoms with E-state index in [1.54, 1.807) is 6.07 Å². The van der Waals surface area contributed by atoms with Crippen molar-refractivity contribution >= 4 is 11.8 Å². The summed E-state index contributed by atoms with van der Waals surface area (Å²) in [6.07, 6.45) is 3.39. The van der Waals surface area contributed by atoms with Gasteiger partial charge in [-0.2, -0.15) is 0 Å². The summed E-state index contributed by atoms with van der Waals surface area (Å²) in [6.45, 7) is 4.31. The van der Waals surface area contributed by atoms with Gasteiger partial charge in [0.1, 0.15) is 0 Å². The molecule has 0 spiro atoms. The van der Waals surface area contributed by atoms with Crippen molar-refractivity contribution in [3.63, 3.8) is 0 Å². The minimum atomic E-state index is -0.0594. The highest BCUT2D eigenvalue weighted by Crippen LogP contribution is 2.12.